The second-order valence-electron chi connectivity index (χ2n) is 6.26. The molecule has 1 heterocycles. The van der Waals surface area contributed by atoms with Crippen LogP contribution in [0.2, 0.25) is 0 Å². The van der Waals surface area contributed by atoms with E-state index in [0.29, 0.717) is 6.04 Å². The first kappa shape index (κ1) is 12.5. The van der Waals surface area contributed by atoms with E-state index >= 15 is 0 Å². The molecule has 15 heavy (non-hydrogen) atoms. The number of hydrogen-bond donors (Lipinski definition) is 0. The summed E-state index contributed by atoms with van der Waals surface area (Å²) >= 11 is 0. The molecule has 0 spiro atoms. The highest BCUT2D eigenvalue weighted by Crippen LogP contribution is 2.33. The zero-order chi connectivity index (χ0) is 11.7. The Kier molecular flexibility index (Phi) is 3.47. The van der Waals surface area contributed by atoms with Gasteiger partial charge in [-0.2, -0.15) is 0 Å². The van der Waals surface area contributed by atoms with Gasteiger partial charge in [-0.15, -0.1) is 0 Å². The average molecular weight is 211 g/mol. The zero-order valence-corrected chi connectivity index (χ0v) is 11.1. The van der Waals surface area contributed by atoms with Crippen molar-refractivity contribution >= 4 is 5.90 Å². The summed E-state index contributed by atoms with van der Waals surface area (Å²) in [6, 6.07) is 0.323. The summed E-state index contributed by atoms with van der Waals surface area (Å²) in [5.74, 6) is 0.962. The van der Waals surface area contributed by atoms with Gasteiger partial charge in [0.2, 0.25) is 0 Å². The second-order valence-corrected chi connectivity index (χ2v) is 6.26. The smallest absolute Gasteiger partial charge is 0.189 e. The van der Waals surface area contributed by atoms with Gasteiger partial charge >= 0.3 is 0 Å². The molecule has 0 aromatic carbocycles. The van der Waals surface area contributed by atoms with Crippen LogP contribution in [0.3, 0.4) is 0 Å². The first-order chi connectivity index (χ1) is 6.77. The van der Waals surface area contributed by atoms with Crippen LogP contribution < -0.4 is 0 Å². The van der Waals surface area contributed by atoms with Crippen molar-refractivity contribution in [2.45, 2.75) is 60.4 Å². The minimum absolute atomic E-state index is 0.106. The van der Waals surface area contributed by atoms with Crippen LogP contribution in [0.25, 0.3) is 0 Å². The van der Waals surface area contributed by atoms with Gasteiger partial charge in [-0.3, -0.25) is 0 Å². The fourth-order valence-electron chi connectivity index (χ4n) is 1.92. The lowest BCUT2D eigenvalue weighted by atomic mass is 9.86. The van der Waals surface area contributed by atoms with Crippen molar-refractivity contribution in [1.82, 2.24) is 0 Å². The van der Waals surface area contributed by atoms with Crippen molar-refractivity contribution in [3.8, 4) is 0 Å². The molecule has 1 aliphatic rings. The highest BCUT2D eigenvalue weighted by atomic mass is 16.5. The SMILES string of the molecule is CCCC(C)(C)C1=N[C@@H](C(C)(C)C)CO1. The molecule has 0 unspecified atom stereocenters. The van der Waals surface area contributed by atoms with Gasteiger partial charge in [-0.25, -0.2) is 4.99 Å². The van der Waals surface area contributed by atoms with E-state index in [1.165, 1.54) is 6.42 Å². The summed E-state index contributed by atoms with van der Waals surface area (Å²) in [5, 5.41) is 0. The third kappa shape index (κ3) is 2.96. The van der Waals surface area contributed by atoms with Crippen molar-refractivity contribution < 1.29 is 4.74 Å². The Morgan fingerprint density at radius 1 is 1.27 bits per heavy atom. The number of nitrogens with zero attached hydrogens (tertiary/aromatic N) is 1. The van der Waals surface area contributed by atoms with E-state index in [4.69, 9.17) is 9.73 Å². The maximum Gasteiger partial charge on any atom is 0.189 e. The van der Waals surface area contributed by atoms with Gasteiger partial charge in [-0.05, 0) is 11.8 Å². The number of hydrogen-bond acceptors (Lipinski definition) is 2. The molecule has 0 aliphatic carbocycles. The highest BCUT2D eigenvalue weighted by molar-refractivity contribution is 5.83. The summed E-state index contributed by atoms with van der Waals surface area (Å²) in [6.45, 7) is 14.1. The largest absolute Gasteiger partial charge is 0.478 e. The molecule has 2 nitrogen and oxygen atoms in total. The highest BCUT2D eigenvalue weighted by Gasteiger charge is 2.36. The van der Waals surface area contributed by atoms with Gasteiger partial charge in [0.05, 0.1) is 6.04 Å². The van der Waals surface area contributed by atoms with Gasteiger partial charge in [-0.1, -0.05) is 48.0 Å². The molecule has 0 bridgehead atoms. The van der Waals surface area contributed by atoms with Crippen LogP contribution in [-0.4, -0.2) is 18.5 Å². The number of rotatable bonds is 3. The van der Waals surface area contributed by atoms with E-state index in [0.717, 1.165) is 18.9 Å². The monoisotopic (exact) mass is 211 g/mol. The quantitative estimate of drug-likeness (QED) is 0.698. The van der Waals surface area contributed by atoms with Crippen LogP contribution in [0, 0.1) is 10.8 Å². The summed E-state index contributed by atoms with van der Waals surface area (Å²) in [7, 11) is 0. The minimum Gasteiger partial charge on any atom is -0.478 e. The predicted octanol–water partition coefficient (Wildman–Crippen LogP) is 3.66. The van der Waals surface area contributed by atoms with Gasteiger partial charge in [0, 0.05) is 5.41 Å². The van der Waals surface area contributed by atoms with E-state index in [9.17, 15) is 0 Å². The Morgan fingerprint density at radius 2 is 1.87 bits per heavy atom. The molecule has 0 saturated heterocycles. The van der Waals surface area contributed by atoms with E-state index < -0.39 is 0 Å². The third-order valence-corrected chi connectivity index (χ3v) is 3.10. The lowest BCUT2D eigenvalue weighted by Gasteiger charge is -2.23. The Hall–Kier alpha value is -0.530. The van der Waals surface area contributed by atoms with Crippen molar-refractivity contribution in [3.05, 3.63) is 0 Å². The summed E-state index contributed by atoms with van der Waals surface area (Å²) < 4.78 is 5.76. The van der Waals surface area contributed by atoms with Crippen molar-refractivity contribution in [3.63, 3.8) is 0 Å². The average Bonchev–Trinajstić information content (AvgIpc) is 2.50. The van der Waals surface area contributed by atoms with Crippen LogP contribution in [0.4, 0.5) is 0 Å². The van der Waals surface area contributed by atoms with E-state index in [-0.39, 0.29) is 10.8 Å². The van der Waals surface area contributed by atoms with Gasteiger partial charge in [0.1, 0.15) is 6.61 Å². The van der Waals surface area contributed by atoms with Crippen LogP contribution in [0.15, 0.2) is 4.99 Å². The molecule has 0 saturated carbocycles. The molecule has 0 fully saturated rings. The van der Waals surface area contributed by atoms with Crippen LogP contribution in [0.5, 0.6) is 0 Å². The fourth-order valence-corrected chi connectivity index (χ4v) is 1.92. The van der Waals surface area contributed by atoms with Crippen LogP contribution >= 0.6 is 0 Å². The molecule has 0 aromatic heterocycles. The van der Waals surface area contributed by atoms with Gasteiger partial charge < -0.3 is 4.74 Å². The van der Waals surface area contributed by atoms with Crippen molar-refractivity contribution in [2.24, 2.45) is 15.8 Å². The standard InChI is InChI=1S/C13H25NO/c1-7-8-13(5,6)11-14-10(9-15-11)12(2,3)4/h10H,7-9H2,1-6H3/t10-/m1/s1. The first-order valence-corrected chi connectivity index (χ1v) is 5.98. The lowest BCUT2D eigenvalue weighted by Crippen LogP contribution is -2.25. The molecule has 88 valence electrons. The van der Waals surface area contributed by atoms with E-state index in [1.807, 2.05) is 0 Å². The van der Waals surface area contributed by atoms with Gasteiger partial charge in [0.25, 0.3) is 0 Å². The Labute approximate surface area is 94.1 Å². The van der Waals surface area contributed by atoms with Crippen LogP contribution in [0.1, 0.15) is 54.4 Å². The molecule has 0 N–H and O–H groups in total. The van der Waals surface area contributed by atoms with Crippen molar-refractivity contribution in [1.29, 1.82) is 0 Å². The first-order valence-electron chi connectivity index (χ1n) is 5.98. The summed E-state index contributed by atoms with van der Waals surface area (Å²) in [5.41, 5.74) is 0.318. The maximum absolute atomic E-state index is 5.76. The summed E-state index contributed by atoms with van der Waals surface area (Å²) in [6.07, 6.45) is 2.32. The molecule has 1 atom stereocenters. The minimum atomic E-state index is 0.106. The lowest BCUT2D eigenvalue weighted by molar-refractivity contribution is 0.218. The maximum atomic E-state index is 5.76. The molecule has 0 radical (unpaired) electrons. The van der Waals surface area contributed by atoms with E-state index in [1.54, 1.807) is 0 Å². The van der Waals surface area contributed by atoms with Crippen molar-refractivity contribution in [2.75, 3.05) is 6.61 Å². The molecule has 0 amide bonds. The Balaban J connectivity index is 2.74. The van der Waals surface area contributed by atoms with Gasteiger partial charge in [0.15, 0.2) is 5.90 Å². The predicted molar refractivity (Wildman–Crippen MR) is 65.3 cm³/mol. The number of aliphatic imine (C=N–C) groups is 1. The summed E-state index contributed by atoms with van der Waals surface area (Å²) in [4.78, 5) is 4.74. The normalized spacial score (nSPS) is 22.5. The Bertz CT molecular complexity index is 248. The molecular formula is C13H25NO. The molecular weight excluding hydrogens is 186 g/mol. The Morgan fingerprint density at radius 3 is 2.27 bits per heavy atom. The number of ether oxygens (including phenoxy) is 1. The zero-order valence-electron chi connectivity index (χ0n) is 11.1. The molecule has 1 aliphatic heterocycles. The second kappa shape index (κ2) is 4.15. The van der Waals surface area contributed by atoms with E-state index in [2.05, 4.69) is 41.5 Å². The molecule has 0 aromatic rings. The fraction of sp³-hybridized carbons (Fsp3) is 0.923. The topological polar surface area (TPSA) is 21.6 Å². The third-order valence-electron chi connectivity index (χ3n) is 3.10. The molecule has 2 heteroatoms. The van der Waals surface area contributed by atoms with Crippen LogP contribution in [-0.2, 0) is 4.74 Å². The molecule has 1 rings (SSSR count).